The van der Waals surface area contributed by atoms with E-state index in [2.05, 4.69) is 13.8 Å². The minimum Gasteiger partial charge on any atom is -0.269 e. The second-order valence-corrected chi connectivity index (χ2v) is 3.73. The molecular weight excluding hydrogens is 146 g/mol. The standard InChI is InChI=1S/C8H15F.CH4.FH/c1-7(2)5-8(6-9)3-4-8;;/h7H,3-6H2,1-2H3;1H4;1H. The summed E-state index contributed by atoms with van der Waals surface area (Å²) in [5.41, 5.74) is 0.147. The van der Waals surface area contributed by atoms with E-state index in [1.165, 1.54) is 0 Å². The lowest BCUT2D eigenvalue weighted by molar-refractivity contribution is 0.292. The Labute approximate surface area is 68.6 Å². The van der Waals surface area contributed by atoms with Crippen LogP contribution in [0.25, 0.3) is 0 Å². The van der Waals surface area contributed by atoms with Gasteiger partial charge in [0.2, 0.25) is 0 Å². The Morgan fingerprint density at radius 1 is 1.36 bits per heavy atom. The summed E-state index contributed by atoms with van der Waals surface area (Å²) >= 11 is 0. The fourth-order valence-corrected chi connectivity index (χ4v) is 1.44. The molecule has 0 aromatic carbocycles. The summed E-state index contributed by atoms with van der Waals surface area (Å²) in [5, 5.41) is 0. The van der Waals surface area contributed by atoms with E-state index in [0.717, 1.165) is 19.3 Å². The van der Waals surface area contributed by atoms with Crippen molar-refractivity contribution >= 4 is 0 Å². The monoisotopic (exact) mass is 166 g/mol. The maximum atomic E-state index is 12.2. The highest BCUT2D eigenvalue weighted by molar-refractivity contribution is 4.92. The van der Waals surface area contributed by atoms with Gasteiger partial charge in [-0.2, -0.15) is 0 Å². The Balaban J connectivity index is 0. The van der Waals surface area contributed by atoms with E-state index < -0.39 is 0 Å². The van der Waals surface area contributed by atoms with Crippen molar-refractivity contribution < 1.29 is 9.09 Å². The third-order valence-electron chi connectivity index (χ3n) is 2.08. The molecule has 0 spiro atoms. The topological polar surface area (TPSA) is 0 Å². The van der Waals surface area contributed by atoms with Crippen LogP contribution in [0.4, 0.5) is 9.09 Å². The lowest BCUT2D eigenvalue weighted by atomic mass is 9.96. The highest BCUT2D eigenvalue weighted by Gasteiger charge is 2.42. The van der Waals surface area contributed by atoms with Crippen LogP contribution >= 0.6 is 0 Å². The predicted molar refractivity (Wildman–Crippen MR) is 46.3 cm³/mol. The van der Waals surface area contributed by atoms with Gasteiger partial charge in [0, 0.05) is 0 Å². The Bertz CT molecular complexity index is 95.7. The predicted octanol–water partition coefficient (Wildman–Crippen LogP) is 3.57. The quantitative estimate of drug-likeness (QED) is 0.601. The van der Waals surface area contributed by atoms with Crippen molar-refractivity contribution in [2.45, 2.75) is 40.5 Å². The molecule has 70 valence electrons. The Morgan fingerprint density at radius 2 is 1.82 bits per heavy atom. The molecule has 0 heterocycles. The molecule has 0 N–H and O–H groups in total. The van der Waals surface area contributed by atoms with Crippen LogP contribution < -0.4 is 0 Å². The number of alkyl halides is 1. The molecule has 0 atom stereocenters. The van der Waals surface area contributed by atoms with Crippen LogP contribution in [-0.4, -0.2) is 6.67 Å². The molecule has 0 unspecified atom stereocenters. The average Bonchev–Trinajstić information content (AvgIpc) is 2.48. The van der Waals surface area contributed by atoms with Gasteiger partial charge in [0.15, 0.2) is 0 Å². The summed E-state index contributed by atoms with van der Waals surface area (Å²) in [6.07, 6.45) is 3.34. The SMILES string of the molecule is C.CC(C)CC1(CF)CC1.F. The van der Waals surface area contributed by atoms with Gasteiger partial charge < -0.3 is 0 Å². The second-order valence-electron chi connectivity index (χ2n) is 3.73. The van der Waals surface area contributed by atoms with Gasteiger partial charge in [0.05, 0.1) is 6.67 Å². The zero-order chi connectivity index (χ0) is 6.91. The molecule has 1 saturated carbocycles. The van der Waals surface area contributed by atoms with Gasteiger partial charge in [0.25, 0.3) is 0 Å². The summed E-state index contributed by atoms with van der Waals surface area (Å²) in [6, 6.07) is 0. The third-order valence-corrected chi connectivity index (χ3v) is 2.08. The summed E-state index contributed by atoms with van der Waals surface area (Å²) in [7, 11) is 0. The molecule has 1 aliphatic carbocycles. The lowest BCUT2D eigenvalue weighted by Gasteiger charge is -2.11. The molecule has 0 aromatic heterocycles. The van der Waals surface area contributed by atoms with Gasteiger partial charge >= 0.3 is 0 Å². The molecule has 11 heavy (non-hydrogen) atoms. The average molecular weight is 166 g/mol. The zero-order valence-corrected chi connectivity index (χ0v) is 6.69. The fourth-order valence-electron chi connectivity index (χ4n) is 1.44. The summed E-state index contributed by atoms with van der Waals surface area (Å²) in [4.78, 5) is 0. The Hall–Kier alpha value is -0.140. The van der Waals surface area contributed by atoms with E-state index in [1.54, 1.807) is 0 Å². The molecule has 0 aromatic rings. The third kappa shape index (κ3) is 3.68. The van der Waals surface area contributed by atoms with Gasteiger partial charge in [-0.05, 0) is 30.6 Å². The van der Waals surface area contributed by atoms with E-state index in [9.17, 15) is 4.39 Å². The van der Waals surface area contributed by atoms with Crippen LogP contribution in [0, 0.1) is 11.3 Å². The van der Waals surface area contributed by atoms with Crippen molar-refractivity contribution in [3.63, 3.8) is 0 Å². The summed E-state index contributed by atoms with van der Waals surface area (Å²) in [5.74, 6) is 0.670. The van der Waals surface area contributed by atoms with Crippen LogP contribution in [0.2, 0.25) is 0 Å². The smallest absolute Gasteiger partial charge is 0.0950 e. The molecule has 0 bridgehead atoms. The first-order chi connectivity index (χ1) is 4.18. The molecular formula is C9H20F2. The van der Waals surface area contributed by atoms with Crippen LogP contribution in [0.5, 0.6) is 0 Å². The van der Waals surface area contributed by atoms with Crippen LogP contribution in [-0.2, 0) is 0 Å². The van der Waals surface area contributed by atoms with E-state index in [4.69, 9.17) is 0 Å². The number of rotatable bonds is 3. The maximum absolute atomic E-state index is 12.2. The summed E-state index contributed by atoms with van der Waals surface area (Å²) in [6.45, 7) is 4.23. The molecule has 0 saturated heterocycles. The Morgan fingerprint density at radius 3 is 1.91 bits per heavy atom. The van der Waals surface area contributed by atoms with Crippen LogP contribution in [0.3, 0.4) is 0 Å². The Kier molecular flexibility index (Phi) is 5.72. The van der Waals surface area contributed by atoms with E-state index >= 15 is 0 Å². The van der Waals surface area contributed by atoms with Crippen molar-refractivity contribution in [1.82, 2.24) is 0 Å². The minimum atomic E-state index is -0.0921. The highest BCUT2D eigenvalue weighted by Crippen LogP contribution is 2.50. The van der Waals surface area contributed by atoms with Gasteiger partial charge in [-0.3, -0.25) is 9.09 Å². The van der Waals surface area contributed by atoms with E-state index in [0.29, 0.717) is 5.92 Å². The molecule has 1 fully saturated rings. The largest absolute Gasteiger partial charge is 0.269 e. The number of halogens is 2. The molecule has 0 nitrogen and oxygen atoms in total. The maximum Gasteiger partial charge on any atom is 0.0950 e. The molecule has 0 aliphatic heterocycles. The van der Waals surface area contributed by atoms with Gasteiger partial charge in [-0.15, -0.1) is 0 Å². The zero-order valence-electron chi connectivity index (χ0n) is 6.69. The number of hydrogen-bond donors (Lipinski definition) is 0. The molecule has 1 aliphatic rings. The van der Waals surface area contributed by atoms with Gasteiger partial charge in [0.1, 0.15) is 0 Å². The van der Waals surface area contributed by atoms with Crippen molar-refractivity contribution in [1.29, 1.82) is 0 Å². The first kappa shape index (κ1) is 13.4. The first-order valence-corrected chi connectivity index (χ1v) is 3.74. The molecule has 2 heteroatoms. The normalized spacial score (nSPS) is 18.5. The summed E-state index contributed by atoms with van der Waals surface area (Å²) < 4.78 is 12.2. The molecule has 0 radical (unpaired) electrons. The second kappa shape index (κ2) is 4.68. The lowest BCUT2D eigenvalue weighted by Crippen LogP contribution is -2.06. The van der Waals surface area contributed by atoms with E-state index in [1.807, 2.05) is 0 Å². The molecule has 0 amide bonds. The molecule has 1 rings (SSSR count). The van der Waals surface area contributed by atoms with Crippen molar-refractivity contribution in [3.8, 4) is 0 Å². The number of hydrogen-bond acceptors (Lipinski definition) is 0. The van der Waals surface area contributed by atoms with Crippen molar-refractivity contribution in [2.24, 2.45) is 11.3 Å². The van der Waals surface area contributed by atoms with Crippen molar-refractivity contribution in [3.05, 3.63) is 0 Å². The van der Waals surface area contributed by atoms with Gasteiger partial charge in [-0.25, -0.2) is 0 Å². The van der Waals surface area contributed by atoms with Crippen LogP contribution in [0.15, 0.2) is 0 Å². The minimum absolute atomic E-state index is 0. The van der Waals surface area contributed by atoms with Crippen molar-refractivity contribution in [2.75, 3.05) is 6.67 Å². The van der Waals surface area contributed by atoms with Gasteiger partial charge in [-0.1, -0.05) is 21.3 Å². The first-order valence-electron chi connectivity index (χ1n) is 3.74. The van der Waals surface area contributed by atoms with Crippen LogP contribution in [0.1, 0.15) is 40.5 Å². The van der Waals surface area contributed by atoms with E-state index in [-0.39, 0.29) is 24.2 Å². The fraction of sp³-hybridized carbons (Fsp3) is 1.00. The highest BCUT2D eigenvalue weighted by atomic mass is 19.1.